The molecule has 4 aliphatic rings. The zero-order chi connectivity index (χ0) is 25.4. The van der Waals surface area contributed by atoms with E-state index in [1.54, 1.807) is 16.8 Å². The first-order chi connectivity index (χ1) is 18.6. The van der Waals surface area contributed by atoms with Gasteiger partial charge in [-0.1, -0.05) is 17.7 Å². The number of hydrogen-bond donors (Lipinski definition) is 0. The van der Waals surface area contributed by atoms with Crippen LogP contribution in [0.1, 0.15) is 48.2 Å². The van der Waals surface area contributed by atoms with E-state index in [1.807, 2.05) is 22.9 Å². The van der Waals surface area contributed by atoms with Crippen LogP contribution in [0.15, 0.2) is 64.8 Å². The number of tetrazole rings is 1. The number of hydrogen-bond acceptors (Lipinski definition) is 7. The lowest BCUT2D eigenvalue weighted by Gasteiger charge is -2.20. The molecular weight excluding hydrogens is 502 g/mol. The number of aryl methyl sites for hydroxylation is 1. The molecule has 1 saturated carbocycles. The van der Waals surface area contributed by atoms with E-state index in [4.69, 9.17) is 26.3 Å². The Kier molecular flexibility index (Phi) is 4.73. The zero-order valence-corrected chi connectivity index (χ0v) is 21.0. The molecule has 3 aliphatic heterocycles. The molecule has 3 atom stereocenters. The van der Waals surface area contributed by atoms with E-state index < -0.39 is 0 Å². The molecular formula is C28H22ClN7O2. The maximum atomic E-state index is 13.6. The molecule has 1 aliphatic carbocycles. The third-order valence-corrected chi connectivity index (χ3v) is 8.30. The molecule has 4 aromatic rings. The largest absolute Gasteiger partial charge is 0.477 e. The quantitative estimate of drug-likeness (QED) is 0.393. The van der Waals surface area contributed by atoms with Crippen molar-refractivity contribution in [3.63, 3.8) is 0 Å². The summed E-state index contributed by atoms with van der Waals surface area (Å²) in [5.41, 5.74) is 7.57. The second-order valence-electron chi connectivity index (χ2n) is 10.3. The SMILES string of the molecule is O=c1cc(-c2cc(Cl)ccc2-n2cnnn2)cc2n1[C@H](C1=NC=C(c3ccc4c(n3)OCCC4)C1)[C@H]1C[C@@H]21. The Bertz CT molecular complexity index is 1740. The van der Waals surface area contributed by atoms with Gasteiger partial charge in [0.05, 0.1) is 24.0 Å². The first-order valence-electron chi connectivity index (χ1n) is 12.8. The lowest BCUT2D eigenvalue weighted by molar-refractivity contribution is 0.276. The standard InChI is InChI=1S/C28H22ClN7O2/c29-18-4-6-24(35-14-31-33-34-35)19(11-18)16-9-25-20-12-21(20)27(36(25)26(37)10-16)23-8-17(13-30-23)22-5-3-15-2-1-7-38-28(15)32-22/h3-6,9-11,13-14,20-21,27H,1-2,7-8,12H2/t20-,21+,27+/m1/s1. The summed E-state index contributed by atoms with van der Waals surface area (Å²) in [5.74, 6) is 1.48. The van der Waals surface area contributed by atoms with E-state index in [9.17, 15) is 4.79 Å². The molecule has 0 saturated heterocycles. The highest BCUT2D eigenvalue weighted by molar-refractivity contribution is 6.31. The fraction of sp³-hybridized carbons (Fsp3) is 0.286. The normalized spacial score (nSPS) is 22.7. The Morgan fingerprint density at radius 2 is 2.05 bits per heavy atom. The highest BCUT2D eigenvalue weighted by atomic mass is 35.5. The second-order valence-corrected chi connectivity index (χ2v) is 10.7. The number of rotatable bonds is 4. The van der Waals surface area contributed by atoms with Gasteiger partial charge in [0, 0.05) is 57.7 Å². The van der Waals surface area contributed by atoms with E-state index in [-0.39, 0.29) is 11.6 Å². The Labute approximate surface area is 222 Å². The molecule has 1 fully saturated rings. The molecule has 188 valence electrons. The molecule has 0 spiro atoms. The third kappa shape index (κ3) is 3.38. The van der Waals surface area contributed by atoms with Crippen molar-refractivity contribution in [2.24, 2.45) is 10.9 Å². The summed E-state index contributed by atoms with van der Waals surface area (Å²) in [5, 5.41) is 12.1. The highest BCUT2D eigenvalue weighted by Gasteiger charge is 2.54. The molecule has 10 heteroatoms. The number of aliphatic imine (C=N–C) groups is 1. The number of halogens is 1. The van der Waals surface area contributed by atoms with Crippen molar-refractivity contribution in [3.05, 3.63) is 87.3 Å². The van der Waals surface area contributed by atoms with Gasteiger partial charge in [0.25, 0.3) is 5.56 Å². The number of pyridine rings is 2. The third-order valence-electron chi connectivity index (χ3n) is 8.06. The van der Waals surface area contributed by atoms with Crippen LogP contribution < -0.4 is 10.3 Å². The number of aromatic nitrogens is 6. The highest BCUT2D eigenvalue weighted by Crippen LogP contribution is 2.60. The minimum absolute atomic E-state index is 0.0301. The predicted octanol–water partition coefficient (Wildman–Crippen LogP) is 4.41. The number of nitrogens with zero attached hydrogens (tertiary/aromatic N) is 7. The minimum atomic E-state index is -0.0335. The van der Waals surface area contributed by atoms with Crippen molar-refractivity contribution in [2.45, 2.75) is 37.6 Å². The topological polar surface area (TPSA) is 100 Å². The Hall–Kier alpha value is -4.11. The van der Waals surface area contributed by atoms with E-state index in [0.29, 0.717) is 29.9 Å². The molecule has 8 rings (SSSR count). The Balaban J connectivity index is 1.12. The van der Waals surface area contributed by atoms with Crippen molar-refractivity contribution >= 4 is 22.9 Å². The van der Waals surface area contributed by atoms with Gasteiger partial charge in [0.15, 0.2) is 0 Å². The van der Waals surface area contributed by atoms with Crippen LogP contribution in [-0.4, -0.2) is 42.1 Å². The van der Waals surface area contributed by atoms with Gasteiger partial charge in [0.1, 0.15) is 6.33 Å². The van der Waals surface area contributed by atoms with Gasteiger partial charge in [0.2, 0.25) is 5.88 Å². The average molecular weight is 524 g/mol. The molecule has 38 heavy (non-hydrogen) atoms. The van der Waals surface area contributed by atoms with Gasteiger partial charge in [-0.15, -0.1) is 5.10 Å². The first kappa shape index (κ1) is 21.9. The van der Waals surface area contributed by atoms with Crippen molar-refractivity contribution in [3.8, 4) is 22.7 Å². The molecule has 6 heterocycles. The average Bonchev–Trinajstić information content (AvgIpc) is 3.29. The van der Waals surface area contributed by atoms with Gasteiger partial charge in [-0.25, -0.2) is 4.98 Å². The molecule has 0 unspecified atom stereocenters. The van der Waals surface area contributed by atoms with Gasteiger partial charge in [-0.05, 0) is 71.5 Å². The van der Waals surface area contributed by atoms with Crippen LogP contribution in [0.4, 0.5) is 0 Å². The van der Waals surface area contributed by atoms with Gasteiger partial charge < -0.3 is 9.30 Å². The van der Waals surface area contributed by atoms with Crippen LogP contribution in [0.2, 0.25) is 5.02 Å². The summed E-state index contributed by atoms with van der Waals surface area (Å²) in [4.78, 5) is 23.2. The van der Waals surface area contributed by atoms with Crippen LogP contribution >= 0.6 is 11.6 Å². The Morgan fingerprint density at radius 1 is 1.11 bits per heavy atom. The molecule has 0 amide bonds. The van der Waals surface area contributed by atoms with Gasteiger partial charge in [-0.2, -0.15) is 4.68 Å². The molecule has 0 radical (unpaired) electrons. The van der Waals surface area contributed by atoms with Crippen LogP contribution in [0.5, 0.6) is 5.88 Å². The lowest BCUT2D eigenvalue weighted by Crippen LogP contribution is -2.29. The zero-order valence-electron chi connectivity index (χ0n) is 20.3. The monoisotopic (exact) mass is 523 g/mol. The predicted molar refractivity (Wildman–Crippen MR) is 142 cm³/mol. The first-order valence-corrected chi connectivity index (χ1v) is 13.2. The number of ether oxygens (including phenoxy) is 1. The minimum Gasteiger partial charge on any atom is -0.477 e. The van der Waals surface area contributed by atoms with E-state index in [1.165, 1.54) is 6.33 Å². The summed E-state index contributed by atoms with van der Waals surface area (Å²) in [6, 6.07) is 13.5. The fourth-order valence-corrected chi connectivity index (χ4v) is 6.39. The summed E-state index contributed by atoms with van der Waals surface area (Å²) >= 11 is 6.36. The van der Waals surface area contributed by atoms with Gasteiger partial charge >= 0.3 is 0 Å². The summed E-state index contributed by atoms with van der Waals surface area (Å²) in [6.45, 7) is 0.712. The van der Waals surface area contributed by atoms with E-state index in [0.717, 1.165) is 70.2 Å². The maximum absolute atomic E-state index is 13.6. The van der Waals surface area contributed by atoms with Crippen LogP contribution in [0.3, 0.4) is 0 Å². The van der Waals surface area contributed by atoms with Crippen LogP contribution in [0.25, 0.3) is 22.4 Å². The second kappa shape index (κ2) is 8.19. The number of fused-ring (bicyclic) bond motifs is 4. The molecule has 0 bridgehead atoms. The van der Waals surface area contributed by atoms with E-state index in [2.05, 4.69) is 33.7 Å². The summed E-state index contributed by atoms with van der Waals surface area (Å²) in [6.07, 6.45) is 7.22. The fourth-order valence-electron chi connectivity index (χ4n) is 6.22. The van der Waals surface area contributed by atoms with Crippen molar-refractivity contribution < 1.29 is 4.74 Å². The molecule has 0 N–H and O–H groups in total. The molecule has 9 nitrogen and oxygen atoms in total. The summed E-state index contributed by atoms with van der Waals surface area (Å²) < 4.78 is 9.31. The van der Waals surface area contributed by atoms with Crippen LogP contribution in [-0.2, 0) is 6.42 Å². The number of benzene rings is 1. The number of allylic oxidation sites excluding steroid dienone is 1. The van der Waals surface area contributed by atoms with E-state index >= 15 is 0 Å². The van der Waals surface area contributed by atoms with Gasteiger partial charge in [-0.3, -0.25) is 9.79 Å². The summed E-state index contributed by atoms with van der Waals surface area (Å²) in [7, 11) is 0. The molecule has 1 aromatic carbocycles. The van der Waals surface area contributed by atoms with Crippen molar-refractivity contribution in [1.82, 2.24) is 29.8 Å². The Morgan fingerprint density at radius 3 is 2.95 bits per heavy atom. The van der Waals surface area contributed by atoms with Crippen molar-refractivity contribution in [1.29, 1.82) is 0 Å². The smallest absolute Gasteiger partial charge is 0.251 e. The van der Waals surface area contributed by atoms with Crippen LogP contribution in [0, 0.1) is 5.92 Å². The molecule has 3 aromatic heterocycles. The maximum Gasteiger partial charge on any atom is 0.251 e. The lowest BCUT2D eigenvalue weighted by atomic mass is 9.99. The van der Waals surface area contributed by atoms with Crippen molar-refractivity contribution in [2.75, 3.05) is 6.61 Å².